The summed E-state index contributed by atoms with van der Waals surface area (Å²) in [6, 6.07) is 2.52. The van der Waals surface area contributed by atoms with Crippen LogP contribution < -0.4 is 15.8 Å². The topological polar surface area (TPSA) is 145 Å². The molecule has 0 aromatic carbocycles. The van der Waals surface area contributed by atoms with Gasteiger partial charge in [-0.3, -0.25) is 9.79 Å². The lowest BCUT2D eigenvalue weighted by Crippen LogP contribution is -2.60. The molecule has 0 saturated heterocycles. The van der Waals surface area contributed by atoms with Gasteiger partial charge in [0, 0.05) is 6.54 Å². The van der Waals surface area contributed by atoms with Crippen molar-refractivity contribution >= 4 is 27.3 Å². The summed E-state index contributed by atoms with van der Waals surface area (Å²) in [5, 5.41) is 2.01. The summed E-state index contributed by atoms with van der Waals surface area (Å²) >= 11 is 0. The predicted octanol–water partition coefficient (Wildman–Crippen LogP) is 2.27. The summed E-state index contributed by atoms with van der Waals surface area (Å²) in [5.41, 5.74) is 4.92. The smallest absolute Gasteiger partial charge is 0.277 e. The first kappa shape index (κ1) is 23.0. The van der Waals surface area contributed by atoms with Crippen LogP contribution in [0.4, 0.5) is 10.2 Å². The van der Waals surface area contributed by atoms with Gasteiger partial charge in [-0.15, -0.1) is 0 Å². The van der Waals surface area contributed by atoms with Gasteiger partial charge in [-0.25, -0.2) is 27.9 Å². The number of methoxy groups -OCH3 is 1. The van der Waals surface area contributed by atoms with Gasteiger partial charge in [-0.05, 0) is 45.7 Å². The first-order valence-corrected chi connectivity index (χ1v) is 12.0. The second kappa shape index (κ2) is 8.01. The number of aromatic nitrogens is 3. The highest BCUT2D eigenvalue weighted by Crippen LogP contribution is 2.46. The van der Waals surface area contributed by atoms with Crippen molar-refractivity contribution in [2.24, 2.45) is 15.1 Å². The second-order valence-electron chi connectivity index (χ2n) is 8.63. The summed E-state index contributed by atoms with van der Waals surface area (Å²) in [6.45, 7) is 5.64. The number of nitrogens with zero attached hydrogens (tertiary/aromatic N) is 5. The summed E-state index contributed by atoms with van der Waals surface area (Å²) in [5.74, 6) is -0.721. The zero-order valence-corrected chi connectivity index (χ0v) is 19.6. The molecule has 0 spiro atoms. The van der Waals surface area contributed by atoms with Gasteiger partial charge in [0.2, 0.25) is 5.88 Å². The first-order valence-electron chi connectivity index (χ1n) is 10.4. The number of pyridine rings is 1. The van der Waals surface area contributed by atoms with Crippen molar-refractivity contribution in [3.05, 3.63) is 41.7 Å². The van der Waals surface area contributed by atoms with Crippen LogP contribution in [-0.2, 0) is 15.3 Å². The standard InChI is InChI=1S/C21H26FN7O3S/c1-20(2)19(23)29-21(3,14-6-5-9-26-33(14,20)31)17-12(22)7-8-15(27-17)28-18(30)13-10-25-16(32-4)11-24-13/h7-8,10-11,14H,5-6,9H2,1-4H3,(H2,23,29)(H,27,28,30)/t14-,21-,33-/m0/s1. The number of aliphatic imine (C=N–C) groups is 1. The van der Waals surface area contributed by atoms with Crippen molar-refractivity contribution in [2.45, 2.75) is 49.1 Å². The van der Waals surface area contributed by atoms with Crippen LogP contribution in [0.3, 0.4) is 0 Å². The number of rotatable bonds is 4. The maximum absolute atomic E-state index is 15.1. The maximum atomic E-state index is 15.1. The van der Waals surface area contributed by atoms with Crippen LogP contribution in [-0.4, -0.2) is 54.6 Å². The van der Waals surface area contributed by atoms with Crippen molar-refractivity contribution in [1.29, 1.82) is 0 Å². The maximum Gasteiger partial charge on any atom is 0.277 e. The molecular formula is C21H26FN7O3S. The molecule has 2 aromatic rings. The highest BCUT2D eigenvalue weighted by molar-refractivity contribution is 7.96. The lowest BCUT2D eigenvalue weighted by Gasteiger charge is -2.47. The SMILES string of the molecule is COc1cnc(C(=O)Nc2ccc(F)c([C@@]3(C)N=C(N)C(C)(C)[S@]4(=O)=NCCC[C@@H]34)n2)cn1. The molecule has 4 rings (SSSR count). The van der Waals surface area contributed by atoms with E-state index in [4.69, 9.17) is 10.5 Å². The summed E-state index contributed by atoms with van der Waals surface area (Å²) < 4.78 is 37.6. The van der Waals surface area contributed by atoms with Crippen LogP contribution in [0.5, 0.6) is 5.88 Å². The van der Waals surface area contributed by atoms with Gasteiger partial charge in [0.15, 0.2) is 0 Å². The monoisotopic (exact) mass is 475 g/mol. The van der Waals surface area contributed by atoms with Gasteiger partial charge in [0.1, 0.15) is 39.1 Å². The molecule has 0 radical (unpaired) electrons. The fourth-order valence-corrected chi connectivity index (χ4v) is 7.47. The Hall–Kier alpha value is -3.15. The minimum Gasteiger partial charge on any atom is -0.480 e. The number of carbonyl (C=O) groups excluding carboxylic acids is 1. The number of nitrogens with one attached hydrogen (secondary N) is 1. The van der Waals surface area contributed by atoms with Crippen LogP contribution in [0, 0.1) is 5.82 Å². The van der Waals surface area contributed by atoms with Crippen molar-refractivity contribution in [3.8, 4) is 5.88 Å². The Bertz CT molecular complexity index is 1260. The molecule has 0 aliphatic carbocycles. The van der Waals surface area contributed by atoms with E-state index in [1.165, 1.54) is 31.6 Å². The number of nitrogens with two attached hydrogens (primary N) is 1. The molecule has 4 heterocycles. The first-order chi connectivity index (χ1) is 15.5. The Balaban J connectivity index is 1.75. The molecule has 12 heteroatoms. The number of hydrogen-bond acceptors (Lipinski definition) is 9. The van der Waals surface area contributed by atoms with E-state index >= 15 is 4.39 Å². The minimum absolute atomic E-state index is 0.0328. The van der Waals surface area contributed by atoms with Crippen LogP contribution in [0.1, 0.15) is 49.8 Å². The van der Waals surface area contributed by atoms with Gasteiger partial charge in [-0.1, -0.05) is 0 Å². The summed E-state index contributed by atoms with van der Waals surface area (Å²) in [6.07, 6.45) is 3.81. The molecule has 0 unspecified atom stereocenters. The van der Waals surface area contributed by atoms with E-state index in [9.17, 15) is 9.00 Å². The number of ether oxygens (including phenoxy) is 1. The van der Waals surface area contributed by atoms with E-state index < -0.39 is 37.0 Å². The average molecular weight is 476 g/mol. The molecule has 33 heavy (non-hydrogen) atoms. The highest BCUT2D eigenvalue weighted by Gasteiger charge is 2.56. The molecule has 176 valence electrons. The average Bonchev–Trinajstić information content (AvgIpc) is 2.79. The van der Waals surface area contributed by atoms with Crippen molar-refractivity contribution in [3.63, 3.8) is 0 Å². The normalized spacial score (nSPS) is 28.2. The third-order valence-corrected chi connectivity index (χ3v) is 9.96. The molecular weight excluding hydrogens is 449 g/mol. The van der Waals surface area contributed by atoms with E-state index in [0.29, 0.717) is 19.4 Å². The fourth-order valence-electron chi connectivity index (χ4n) is 4.23. The van der Waals surface area contributed by atoms with Crippen LogP contribution in [0.15, 0.2) is 33.9 Å². The van der Waals surface area contributed by atoms with Gasteiger partial charge in [0.05, 0.1) is 34.5 Å². The van der Waals surface area contributed by atoms with Crippen LogP contribution in [0.2, 0.25) is 0 Å². The molecule has 0 saturated carbocycles. The van der Waals surface area contributed by atoms with E-state index in [2.05, 4.69) is 29.6 Å². The summed E-state index contributed by atoms with van der Waals surface area (Å²) in [4.78, 5) is 29.5. The Morgan fingerprint density at radius 1 is 1.27 bits per heavy atom. The van der Waals surface area contributed by atoms with Crippen LogP contribution in [0.25, 0.3) is 0 Å². The molecule has 3 atom stereocenters. The fraction of sp³-hybridized carbons (Fsp3) is 0.476. The predicted molar refractivity (Wildman–Crippen MR) is 122 cm³/mol. The number of anilines is 1. The minimum atomic E-state index is -2.87. The highest BCUT2D eigenvalue weighted by atomic mass is 32.2. The van der Waals surface area contributed by atoms with Gasteiger partial charge in [0.25, 0.3) is 5.91 Å². The van der Waals surface area contributed by atoms with Gasteiger partial charge in [-0.2, -0.15) is 0 Å². The molecule has 1 amide bonds. The third kappa shape index (κ3) is 3.62. The molecule has 2 aliphatic rings. The van der Waals surface area contributed by atoms with Crippen molar-refractivity contribution in [2.75, 3.05) is 19.0 Å². The lowest BCUT2D eigenvalue weighted by molar-refractivity contribution is 0.102. The molecule has 2 aliphatic heterocycles. The molecule has 10 nitrogen and oxygen atoms in total. The van der Waals surface area contributed by atoms with Crippen molar-refractivity contribution in [1.82, 2.24) is 15.0 Å². The Morgan fingerprint density at radius 3 is 2.70 bits per heavy atom. The second-order valence-corrected chi connectivity index (χ2v) is 11.6. The lowest BCUT2D eigenvalue weighted by atomic mass is 9.89. The zero-order chi connectivity index (χ0) is 24.0. The molecule has 0 bridgehead atoms. The number of amidine groups is 1. The summed E-state index contributed by atoms with van der Waals surface area (Å²) in [7, 11) is -1.43. The Morgan fingerprint density at radius 2 is 2.03 bits per heavy atom. The van der Waals surface area contributed by atoms with E-state index in [0.717, 1.165) is 0 Å². The number of hydrogen-bond donors (Lipinski definition) is 2. The Kier molecular flexibility index (Phi) is 5.59. The van der Waals surface area contributed by atoms with E-state index in [1.807, 2.05) is 0 Å². The number of fused-ring (bicyclic) bond motifs is 1. The van der Waals surface area contributed by atoms with Gasteiger partial charge < -0.3 is 15.8 Å². The zero-order valence-electron chi connectivity index (χ0n) is 18.8. The number of carbonyl (C=O) groups is 1. The number of halogens is 1. The van der Waals surface area contributed by atoms with E-state index in [-0.39, 0.29) is 28.9 Å². The largest absolute Gasteiger partial charge is 0.480 e. The molecule has 3 N–H and O–H groups in total. The van der Waals surface area contributed by atoms with Crippen LogP contribution >= 0.6 is 0 Å². The Labute approximate surface area is 191 Å². The quantitative estimate of drug-likeness (QED) is 0.690. The van der Waals surface area contributed by atoms with Crippen molar-refractivity contribution < 1.29 is 18.1 Å². The van der Waals surface area contributed by atoms with Gasteiger partial charge >= 0.3 is 0 Å². The van der Waals surface area contributed by atoms with E-state index in [1.54, 1.807) is 20.8 Å². The molecule has 0 fully saturated rings. The molecule has 2 aromatic heterocycles. The number of amides is 1. The third-order valence-electron chi connectivity index (χ3n) is 6.26.